The molecule has 1 aliphatic heterocycles. The summed E-state index contributed by atoms with van der Waals surface area (Å²) in [5.41, 5.74) is 3.15. The SMILES string of the molecule is CCOC(=O)c1ccc(N2CCN(C(=O)c3ccccc3-c3ccccc3)CC2)nc1. The Morgan fingerprint density at radius 3 is 2.29 bits per heavy atom. The van der Waals surface area contributed by atoms with E-state index in [4.69, 9.17) is 4.74 Å². The van der Waals surface area contributed by atoms with E-state index in [2.05, 4.69) is 9.88 Å². The molecule has 0 spiro atoms. The van der Waals surface area contributed by atoms with Crippen molar-refractivity contribution in [1.29, 1.82) is 0 Å². The lowest BCUT2D eigenvalue weighted by atomic mass is 9.98. The van der Waals surface area contributed by atoms with Gasteiger partial charge in [-0.2, -0.15) is 0 Å². The lowest BCUT2D eigenvalue weighted by Crippen LogP contribution is -2.49. The third-order valence-corrected chi connectivity index (χ3v) is 5.39. The standard InChI is InChI=1S/C25H25N3O3/c1-2-31-25(30)20-12-13-23(26-18-20)27-14-16-28(17-15-27)24(29)22-11-7-6-10-21(22)19-8-4-3-5-9-19/h3-13,18H,2,14-17H2,1H3. The number of esters is 1. The Morgan fingerprint density at radius 2 is 1.61 bits per heavy atom. The van der Waals surface area contributed by atoms with Crippen LogP contribution in [0.5, 0.6) is 0 Å². The fraction of sp³-hybridized carbons (Fsp3) is 0.240. The molecular formula is C25H25N3O3. The summed E-state index contributed by atoms with van der Waals surface area (Å²) < 4.78 is 5.00. The molecule has 0 bridgehead atoms. The van der Waals surface area contributed by atoms with Crippen LogP contribution in [0, 0.1) is 0 Å². The monoisotopic (exact) mass is 415 g/mol. The molecule has 3 aromatic rings. The molecule has 0 atom stereocenters. The van der Waals surface area contributed by atoms with Crippen molar-refractivity contribution < 1.29 is 14.3 Å². The lowest BCUT2D eigenvalue weighted by Gasteiger charge is -2.35. The van der Waals surface area contributed by atoms with Gasteiger partial charge in [-0.3, -0.25) is 4.79 Å². The number of hydrogen-bond acceptors (Lipinski definition) is 5. The summed E-state index contributed by atoms with van der Waals surface area (Å²) in [6.45, 7) is 4.71. The number of aromatic nitrogens is 1. The van der Waals surface area contributed by atoms with Crippen molar-refractivity contribution in [3.8, 4) is 11.1 Å². The number of benzene rings is 2. The second-order valence-electron chi connectivity index (χ2n) is 7.32. The topological polar surface area (TPSA) is 62.7 Å². The number of carbonyl (C=O) groups is 2. The van der Waals surface area contributed by atoms with Crippen LogP contribution in [0.4, 0.5) is 5.82 Å². The molecule has 6 heteroatoms. The van der Waals surface area contributed by atoms with Gasteiger partial charge in [0.25, 0.3) is 5.91 Å². The Balaban J connectivity index is 1.43. The van der Waals surface area contributed by atoms with Crippen molar-refractivity contribution in [2.45, 2.75) is 6.92 Å². The minimum atomic E-state index is -0.367. The number of piperazine rings is 1. The van der Waals surface area contributed by atoms with Crippen molar-refractivity contribution in [3.05, 3.63) is 84.1 Å². The first-order chi connectivity index (χ1) is 15.2. The predicted molar refractivity (Wildman–Crippen MR) is 120 cm³/mol. The molecule has 0 radical (unpaired) electrons. The quantitative estimate of drug-likeness (QED) is 0.592. The van der Waals surface area contributed by atoms with Crippen LogP contribution in [0.3, 0.4) is 0 Å². The van der Waals surface area contributed by atoms with Gasteiger partial charge in [-0.15, -0.1) is 0 Å². The molecule has 0 N–H and O–H groups in total. The molecule has 1 aromatic heterocycles. The van der Waals surface area contributed by atoms with Gasteiger partial charge >= 0.3 is 5.97 Å². The van der Waals surface area contributed by atoms with Gasteiger partial charge in [-0.05, 0) is 36.2 Å². The highest BCUT2D eigenvalue weighted by atomic mass is 16.5. The zero-order valence-electron chi connectivity index (χ0n) is 17.5. The number of pyridine rings is 1. The first-order valence-corrected chi connectivity index (χ1v) is 10.5. The third-order valence-electron chi connectivity index (χ3n) is 5.39. The highest BCUT2D eigenvalue weighted by molar-refractivity contribution is 6.01. The van der Waals surface area contributed by atoms with Gasteiger partial charge in [-0.25, -0.2) is 9.78 Å². The number of amides is 1. The zero-order valence-corrected chi connectivity index (χ0v) is 17.5. The van der Waals surface area contributed by atoms with Crippen molar-refractivity contribution in [3.63, 3.8) is 0 Å². The lowest BCUT2D eigenvalue weighted by molar-refractivity contribution is 0.0525. The predicted octanol–water partition coefficient (Wildman–Crippen LogP) is 3.89. The van der Waals surface area contributed by atoms with Gasteiger partial charge in [0.2, 0.25) is 0 Å². The summed E-state index contributed by atoms with van der Waals surface area (Å²) in [5, 5.41) is 0. The van der Waals surface area contributed by atoms with Gasteiger partial charge in [-0.1, -0.05) is 48.5 Å². The Morgan fingerprint density at radius 1 is 0.903 bits per heavy atom. The number of anilines is 1. The van der Waals surface area contributed by atoms with E-state index >= 15 is 0 Å². The summed E-state index contributed by atoms with van der Waals surface area (Å²) >= 11 is 0. The maximum atomic E-state index is 13.3. The first kappa shape index (κ1) is 20.6. The second-order valence-corrected chi connectivity index (χ2v) is 7.32. The highest BCUT2D eigenvalue weighted by Gasteiger charge is 2.24. The molecule has 1 aliphatic rings. The van der Waals surface area contributed by atoms with Crippen LogP contribution >= 0.6 is 0 Å². The summed E-state index contributed by atoms with van der Waals surface area (Å²) in [5.74, 6) is 0.476. The van der Waals surface area contributed by atoms with Gasteiger partial charge in [0.05, 0.1) is 12.2 Å². The minimum Gasteiger partial charge on any atom is -0.462 e. The maximum absolute atomic E-state index is 13.3. The minimum absolute atomic E-state index is 0.0460. The number of rotatable bonds is 5. The van der Waals surface area contributed by atoms with Crippen LogP contribution in [-0.4, -0.2) is 54.5 Å². The fourth-order valence-corrected chi connectivity index (χ4v) is 3.76. The Bertz CT molecular complexity index is 1040. The van der Waals surface area contributed by atoms with E-state index in [-0.39, 0.29) is 11.9 Å². The zero-order chi connectivity index (χ0) is 21.6. The average Bonchev–Trinajstić information content (AvgIpc) is 2.84. The number of ether oxygens (including phenoxy) is 1. The molecule has 1 amide bonds. The summed E-state index contributed by atoms with van der Waals surface area (Å²) in [7, 11) is 0. The van der Waals surface area contributed by atoms with Crippen molar-refractivity contribution in [2.24, 2.45) is 0 Å². The molecule has 158 valence electrons. The molecule has 1 fully saturated rings. The molecule has 2 aromatic carbocycles. The fourth-order valence-electron chi connectivity index (χ4n) is 3.76. The molecular weight excluding hydrogens is 390 g/mol. The molecule has 0 unspecified atom stereocenters. The van der Waals surface area contributed by atoms with Gasteiger partial charge in [0.15, 0.2) is 0 Å². The second kappa shape index (κ2) is 9.43. The maximum Gasteiger partial charge on any atom is 0.339 e. The Labute approximate surface area is 182 Å². The normalized spacial score (nSPS) is 13.7. The van der Waals surface area contributed by atoms with E-state index < -0.39 is 0 Å². The Hall–Kier alpha value is -3.67. The number of hydrogen-bond donors (Lipinski definition) is 0. The van der Waals surface area contributed by atoms with Crippen LogP contribution in [-0.2, 0) is 4.74 Å². The molecule has 1 saturated heterocycles. The Kier molecular flexibility index (Phi) is 6.26. The number of nitrogens with zero attached hydrogens (tertiary/aromatic N) is 3. The molecule has 4 rings (SSSR count). The summed E-state index contributed by atoms with van der Waals surface area (Å²) in [4.78, 5) is 33.5. The van der Waals surface area contributed by atoms with Crippen LogP contribution in [0.25, 0.3) is 11.1 Å². The third kappa shape index (κ3) is 4.58. The van der Waals surface area contributed by atoms with Gasteiger partial charge < -0.3 is 14.5 Å². The molecule has 31 heavy (non-hydrogen) atoms. The summed E-state index contributed by atoms with van der Waals surface area (Å²) in [6.07, 6.45) is 1.54. The summed E-state index contributed by atoms with van der Waals surface area (Å²) in [6, 6.07) is 21.3. The van der Waals surface area contributed by atoms with Crippen LogP contribution in [0.15, 0.2) is 72.9 Å². The van der Waals surface area contributed by atoms with Crippen LogP contribution < -0.4 is 4.90 Å². The van der Waals surface area contributed by atoms with Crippen LogP contribution in [0.1, 0.15) is 27.6 Å². The molecule has 0 saturated carbocycles. The van der Waals surface area contributed by atoms with Crippen molar-refractivity contribution in [1.82, 2.24) is 9.88 Å². The van der Waals surface area contributed by atoms with Gasteiger partial charge in [0, 0.05) is 37.9 Å². The van der Waals surface area contributed by atoms with Gasteiger partial charge in [0.1, 0.15) is 5.82 Å². The average molecular weight is 415 g/mol. The van der Waals surface area contributed by atoms with Crippen LogP contribution in [0.2, 0.25) is 0 Å². The van der Waals surface area contributed by atoms with E-state index in [1.54, 1.807) is 19.2 Å². The van der Waals surface area contributed by atoms with E-state index in [1.807, 2.05) is 65.6 Å². The number of carbonyl (C=O) groups excluding carboxylic acids is 2. The largest absolute Gasteiger partial charge is 0.462 e. The van der Waals surface area contributed by atoms with E-state index in [0.717, 1.165) is 22.5 Å². The highest BCUT2D eigenvalue weighted by Crippen LogP contribution is 2.25. The van der Waals surface area contributed by atoms with E-state index in [0.29, 0.717) is 38.3 Å². The van der Waals surface area contributed by atoms with E-state index in [1.165, 1.54) is 0 Å². The van der Waals surface area contributed by atoms with Crippen molar-refractivity contribution in [2.75, 3.05) is 37.7 Å². The molecule has 0 aliphatic carbocycles. The smallest absolute Gasteiger partial charge is 0.339 e. The van der Waals surface area contributed by atoms with E-state index in [9.17, 15) is 9.59 Å². The molecule has 6 nitrogen and oxygen atoms in total. The molecule has 2 heterocycles. The first-order valence-electron chi connectivity index (χ1n) is 10.5. The van der Waals surface area contributed by atoms with Crippen molar-refractivity contribution >= 4 is 17.7 Å².